The van der Waals surface area contributed by atoms with E-state index in [4.69, 9.17) is 0 Å². The van der Waals surface area contributed by atoms with Crippen molar-refractivity contribution in [3.8, 4) is 5.69 Å². The Hall–Kier alpha value is -2.83. The van der Waals surface area contributed by atoms with Crippen molar-refractivity contribution < 1.29 is 9.90 Å². The van der Waals surface area contributed by atoms with E-state index in [1.807, 2.05) is 13.8 Å². The molecule has 0 spiro atoms. The lowest BCUT2D eigenvalue weighted by molar-refractivity contribution is -0.116. The molecule has 7 nitrogen and oxygen atoms in total. The van der Waals surface area contributed by atoms with Crippen LogP contribution in [-0.4, -0.2) is 25.2 Å². The van der Waals surface area contributed by atoms with Crippen LogP contribution in [0.1, 0.15) is 26.7 Å². The summed E-state index contributed by atoms with van der Waals surface area (Å²) in [6, 6.07) is 8.38. The Kier molecular flexibility index (Phi) is 3.35. The number of carbonyl (C=O) groups is 1. The van der Waals surface area contributed by atoms with Crippen molar-refractivity contribution in [3.63, 3.8) is 0 Å². The van der Waals surface area contributed by atoms with Crippen LogP contribution in [0.25, 0.3) is 11.4 Å². The first-order valence-electron chi connectivity index (χ1n) is 7.25. The average Bonchev–Trinajstić information content (AvgIpc) is 2.73. The van der Waals surface area contributed by atoms with Gasteiger partial charge in [0.1, 0.15) is 11.5 Å². The summed E-state index contributed by atoms with van der Waals surface area (Å²) < 4.78 is 1.76. The largest absolute Gasteiger partial charge is 0.510 e. The van der Waals surface area contributed by atoms with Gasteiger partial charge in [-0.1, -0.05) is 32.0 Å². The number of H-pyrrole nitrogens is 1. The van der Waals surface area contributed by atoms with E-state index in [1.54, 1.807) is 30.3 Å². The Morgan fingerprint density at radius 2 is 1.74 bits per heavy atom. The third-order valence-electron chi connectivity index (χ3n) is 3.85. The van der Waals surface area contributed by atoms with Gasteiger partial charge in [0.05, 0.1) is 5.69 Å². The number of aliphatic hydroxyl groups is 1. The third kappa shape index (κ3) is 2.54. The summed E-state index contributed by atoms with van der Waals surface area (Å²) in [6.07, 6.45) is 0.455. The summed E-state index contributed by atoms with van der Waals surface area (Å²) in [4.78, 5) is 37.0. The summed E-state index contributed by atoms with van der Waals surface area (Å²) in [5, 5.41) is 12.5. The van der Waals surface area contributed by atoms with E-state index in [2.05, 4.69) is 5.10 Å². The number of allylic oxidation sites excluding steroid dienone is 2. The molecule has 7 heteroatoms. The number of rotatable bonds is 2. The molecule has 3 rings (SSSR count). The van der Waals surface area contributed by atoms with Gasteiger partial charge in [-0.15, -0.1) is 0 Å². The number of nitrogens with one attached hydrogen (secondary N) is 1. The topological polar surface area (TPSA) is 97.1 Å². The molecule has 1 aliphatic rings. The monoisotopic (exact) mass is 315 g/mol. The second kappa shape index (κ2) is 5.12. The number of nitrogens with zero attached hydrogens (tertiary/aromatic N) is 2. The molecule has 0 unspecified atom stereocenters. The van der Waals surface area contributed by atoms with Gasteiger partial charge < -0.3 is 5.11 Å². The van der Waals surface area contributed by atoms with Gasteiger partial charge in [0.2, 0.25) is 0 Å². The predicted molar refractivity (Wildman–Crippen MR) is 84.5 cm³/mol. The van der Waals surface area contributed by atoms with E-state index in [0.717, 1.165) is 9.25 Å². The molecule has 0 fully saturated rings. The first-order valence-corrected chi connectivity index (χ1v) is 7.25. The molecule has 2 N–H and O–H groups in total. The van der Waals surface area contributed by atoms with Gasteiger partial charge in [-0.25, -0.2) is 19.3 Å². The smallest absolute Gasteiger partial charge is 0.356 e. The Labute approximate surface area is 131 Å². The van der Waals surface area contributed by atoms with Crippen molar-refractivity contribution in [3.05, 3.63) is 57.1 Å². The molecule has 0 radical (unpaired) electrons. The van der Waals surface area contributed by atoms with Crippen molar-refractivity contribution in [2.45, 2.75) is 26.7 Å². The van der Waals surface area contributed by atoms with Crippen LogP contribution in [0, 0.1) is 5.41 Å². The van der Waals surface area contributed by atoms with Gasteiger partial charge in [0, 0.05) is 12.8 Å². The predicted octanol–water partition coefficient (Wildman–Crippen LogP) is 1.44. The zero-order valence-corrected chi connectivity index (χ0v) is 12.9. The number of para-hydroxylation sites is 1. The average molecular weight is 315 g/mol. The van der Waals surface area contributed by atoms with Crippen LogP contribution >= 0.6 is 0 Å². The van der Waals surface area contributed by atoms with Crippen LogP contribution in [0.15, 0.2) is 45.7 Å². The molecule has 1 aliphatic carbocycles. The number of aromatic amines is 1. The summed E-state index contributed by atoms with van der Waals surface area (Å²) >= 11 is 0. The maximum Gasteiger partial charge on any atom is 0.356 e. The second-order valence-corrected chi connectivity index (χ2v) is 6.44. The first-order chi connectivity index (χ1) is 10.8. The molecule has 0 saturated heterocycles. The Morgan fingerprint density at radius 1 is 1.09 bits per heavy atom. The number of benzene rings is 1. The van der Waals surface area contributed by atoms with Crippen LogP contribution in [0.4, 0.5) is 0 Å². The Balaban J connectivity index is 2.19. The van der Waals surface area contributed by atoms with E-state index in [0.29, 0.717) is 5.69 Å². The molecule has 0 aliphatic heterocycles. The summed E-state index contributed by atoms with van der Waals surface area (Å²) in [6.45, 7) is 3.72. The van der Waals surface area contributed by atoms with Crippen molar-refractivity contribution in [2.24, 2.45) is 5.41 Å². The molecule has 2 aromatic rings. The zero-order chi connectivity index (χ0) is 16.8. The SMILES string of the molecule is CC1(C)CC(=O)C(n2[nH]c(=O)n(-c3ccccc3)c2=O)=C(O)C1. The van der Waals surface area contributed by atoms with Crippen molar-refractivity contribution in [1.29, 1.82) is 0 Å². The lowest BCUT2D eigenvalue weighted by Crippen LogP contribution is -2.33. The molecule has 0 bridgehead atoms. The minimum Gasteiger partial charge on any atom is -0.510 e. The van der Waals surface area contributed by atoms with Gasteiger partial charge in [0.25, 0.3) is 0 Å². The quantitative estimate of drug-likeness (QED) is 0.876. The molecule has 0 amide bonds. The van der Waals surface area contributed by atoms with Crippen LogP contribution in [0.2, 0.25) is 0 Å². The number of hydrogen-bond acceptors (Lipinski definition) is 4. The highest BCUT2D eigenvalue weighted by molar-refractivity contribution is 6.16. The van der Waals surface area contributed by atoms with Crippen molar-refractivity contribution in [2.75, 3.05) is 0 Å². The van der Waals surface area contributed by atoms with Gasteiger partial charge in [-0.3, -0.25) is 4.79 Å². The van der Waals surface area contributed by atoms with Gasteiger partial charge >= 0.3 is 11.4 Å². The van der Waals surface area contributed by atoms with Crippen LogP contribution in [0.5, 0.6) is 0 Å². The highest BCUT2D eigenvalue weighted by Crippen LogP contribution is 2.36. The fourth-order valence-electron chi connectivity index (χ4n) is 2.87. The van der Waals surface area contributed by atoms with E-state index in [-0.39, 0.29) is 35.5 Å². The van der Waals surface area contributed by atoms with Crippen molar-refractivity contribution in [1.82, 2.24) is 14.3 Å². The maximum absolute atomic E-state index is 12.5. The lowest BCUT2D eigenvalue weighted by Gasteiger charge is -2.29. The molecule has 1 aromatic carbocycles. The molecular formula is C16H17N3O4. The second-order valence-electron chi connectivity index (χ2n) is 6.44. The number of aromatic nitrogens is 3. The summed E-state index contributed by atoms with van der Waals surface area (Å²) in [5.41, 5.74) is -1.52. The molecule has 120 valence electrons. The molecule has 23 heavy (non-hydrogen) atoms. The van der Waals surface area contributed by atoms with E-state index in [1.165, 1.54) is 0 Å². The number of carbonyl (C=O) groups excluding carboxylic acids is 1. The molecular weight excluding hydrogens is 298 g/mol. The van der Waals surface area contributed by atoms with Crippen LogP contribution in [-0.2, 0) is 4.79 Å². The molecule has 0 atom stereocenters. The summed E-state index contributed by atoms with van der Waals surface area (Å²) in [5.74, 6) is -0.558. The fourth-order valence-corrected chi connectivity index (χ4v) is 2.87. The van der Waals surface area contributed by atoms with E-state index in [9.17, 15) is 19.5 Å². The number of hydrogen-bond donors (Lipinski definition) is 2. The minimum absolute atomic E-state index is 0.152. The van der Waals surface area contributed by atoms with Crippen molar-refractivity contribution >= 4 is 11.5 Å². The van der Waals surface area contributed by atoms with Gasteiger partial charge in [0.15, 0.2) is 5.78 Å². The Bertz CT molecular complexity index is 913. The van der Waals surface area contributed by atoms with Gasteiger partial charge in [-0.05, 0) is 17.5 Å². The lowest BCUT2D eigenvalue weighted by atomic mass is 9.78. The van der Waals surface area contributed by atoms with Crippen LogP contribution < -0.4 is 11.4 Å². The molecule has 1 aromatic heterocycles. The first kappa shape index (κ1) is 15.1. The normalized spacial score (nSPS) is 17.6. The third-order valence-corrected chi connectivity index (χ3v) is 3.85. The Morgan fingerprint density at radius 3 is 2.35 bits per heavy atom. The van der Waals surface area contributed by atoms with Gasteiger partial charge in [-0.2, -0.15) is 4.68 Å². The molecule has 1 heterocycles. The summed E-state index contributed by atoms with van der Waals surface area (Å²) in [7, 11) is 0. The minimum atomic E-state index is -0.712. The maximum atomic E-state index is 12.5. The standard InChI is InChI=1S/C16H17N3O4/c1-16(2)8-11(20)13(12(21)9-16)19-15(23)18(14(22)17-19)10-6-4-3-5-7-10/h3-7,20H,8-9H2,1-2H3,(H,17,22). The number of Topliss-reactive ketones (excluding diaryl/α,β-unsaturated/α-hetero) is 1. The highest BCUT2D eigenvalue weighted by atomic mass is 16.3. The van der Waals surface area contributed by atoms with Crippen LogP contribution in [0.3, 0.4) is 0 Å². The molecule has 0 saturated carbocycles. The zero-order valence-electron chi connectivity index (χ0n) is 12.9. The number of aliphatic hydroxyl groups excluding tert-OH is 1. The number of ketones is 1. The van der Waals surface area contributed by atoms with E-state index >= 15 is 0 Å². The van der Waals surface area contributed by atoms with E-state index < -0.39 is 11.4 Å². The highest BCUT2D eigenvalue weighted by Gasteiger charge is 2.35. The fraction of sp³-hybridized carbons (Fsp3) is 0.312.